The molecule has 0 saturated heterocycles. The number of hydrogen-bond acceptors (Lipinski definition) is 3. The van der Waals surface area contributed by atoms with Gasteiger partial charge in [0, 0.05) is 25.6 Å². The summed E-state index contributed by atoms with van der Waals surface area (Å²) in [6.45, 7) is 3.20. The van der Waals surface area contributed by atoms with Gasteiger partial charge in [0.1, 0.15) is 0 Å². The summed E-state index contributed by atoms with van der Waals surface area (Å²) in [7, 11) is 0. The van der Waals surface area contributed by atoms with Crippen molar-refractivity contribution < 1.29 is 4.92 Å². The molecule has 0 spiro atoms. The molecular formula is C12H13BrN2O2. The van der Waals surface area contributed by atoms with Gasteiger partial charge in [-0.1, -0.05) is 6.07 Å². The third-order valence-corrected chi connectivity index (χ3v) is 2.81. The van der Waals surface area contributed by atoms with Crippen molar-refractivity contribution >= 4 is 21.6 Å². The largest absolute Gasteiger partial charge is 0.312 e. The van der Waals surface area contributed by atoms with Gasteiger partial charge in [0.2, 0.25) is 0 Å². The summed E-state index contributed by atoms with van der Waals surface area (Å²) < 4.78 is 0.503. The van der Waals surface area contributed by atoms with E-state index in [1.165, 1.54) is 0 Å². The SMILES string of the molecule is CC#CCCNCc1ccc(Br)c([N+](=O)[O-])c1. The molecule has 0 heterocycles. The number of nitrogens with zero attached hydrogens (tertiary/aromatic N) is 1. The Morgan fingerprint density at radius 3 is 2.94 bits per heavy atom. The fourth-order valence-electron chi connectivity index (χ4n) is 1.32. The summed E-state index contributed by atoms with van der Waals surface area (Å²) >= 11 is 3.15. The highest BCUT2D eigenvalue weighted by Crippen LogP contribution is 2.25. The van der Waals surface area contributed by atoms with Crippen LogP contribution >= 0.6 is 15.9 Å². The topological polar surface area (TPSA) is 55.2 Å². The summed E-state index contributed by atoms with van der Waals surface area (Å²) in [5.41, 5.74) is 0.988. The highest BCUT2D eigenvalue weighted by atomic mass is 79.9. The number of benzene rings is 1. The molecule has 1 aromatic rings. The molecule has 0 fully saturated rings. The van der Waals surface area contributed by atoms with Crippen LogP contribution in [0.3, 0.4) is 0 Å². The summed E-state index contributed by atoms with van der Waals surface area (Å²) in [5, 5.41) is 13.9. The molecule has 1 N–H and O–H groups in total. The van der Waals surface area contributed by atoms with E-state index in [4.69, 9.17) is 0 Å². The van der Waals surface area contributed by atoms with Crippen molar-refractivity contribution in [2.45, 2.75) is 19.9 Å². The zero-order valence-electron chi connectivity index (χ0n) is 9.50. The minimum Gasteiger partial charge on any atom is -0.312 e. The molecule has 0 radical (unpaired) electrons. The van der Waals surface area contributed by atoms with Gasteiger partial charge < -0.3 is 5.32 Å². The van der Waals surface area contributed by atoms with Crippen LogP contribution < -0.4 is 5.32 Å². The molecule has 0 aliphatic rings. The Hall–Kier alpha value is -1.38. The number of nitro benzene ring substituents is 1. The van der Waals surface area contributed by atoms with Crippen LogP contribution in [-0.4, -0.2) is 11.5 Å². The van der Waals surface area contributed by atoms with E-state index < -0.39 is 4.92 Å². The van der Waals surface area contributed by atoms with Crippen LogP contribution in [0.5, 0.6) is 0 Å². The smallest absolute Gasteiger partial charge is 0.283 e. The number of nitrogens with one attached hydrogen (secondary N) is 1. The van der Waals surface area contributed by atoms with Crippen molar-refractivity contribution in [1.29, 1.82) is 0 Å². The van der Waals surface area contributed by atoms with Gasteiger partial charge >= 0.3 is 0 Å². The summed E-state index contributed by atoms with van der Waals surface area (Å²) in [6, 6.07) is 5.12. The summed E-state index contributed by atoms with van der Waals surface area (Å²) in [5.74, 6) is 5.76. The lowest BCUT2D eigenvalue weighted by molar-refractivity contribution is -0.385. The van der Waals surface area contributed by atoms with Crippen LogP contribution in [0, 0.1) is 22.0 Å². The van der Waals surface area contributed by atoms with E-state index in [2.05, 4.69) is 33.1 Å². The van der Waals surface area contributed by atoms with Gasteiger partial charge in [-0.2, -0.15) is 0 Å². The Morgan fingerprint density at radius 1 is 1.53 bits per heavy atom. The highest BCUT2D eigenvalue weighted by molar-refractivity contribution is 9.10. The van der Waals surface area contributed by atoms with Crippen LogP contribution in [-0.2, 0) is 6.54 Å². The molecule has 0 aliphatic heterocycles. The van der Waals surface area contributed by atoms with Crippen molar-refractivity contribution in [2.75, 3.05) is 6.54 Å². The normalized spacial score (nSPS) is 9.53. The maximum Gasteiger partial charge on any atom is 0.283 e. The van der Waals surface area contributed by atoms with Gasteiger partial charge in [-0.25, -0.2) is 0 Å². The van der Waals surface area contributed by atoms with Crippen molar-refractivity contribution in [1.82, 2.24) is 5.32 Å². The van der Waals surface area contributed by atoms with Crippen LogP contribution in [0.1, 0.15) is 18.9 Å². The molecule has 5 heteroatoms. The molecule has 1 aromatic carbocycles. The molecule has 0 unspecified atom stereocenters. The number of hydrogen-bond donors (Lipinski definition) is 1. The van der Waals surface area contributed by atoms with E-state index >= 15 is 0 Å². The third-order valence-electron chi connectivity index (χ3n) is 2.14. The second-order valence-electron chi connectivity index (χ2n) is 3.40. The molecule has 17 heavy (non-hydrogen) atoms. The molecule has 0 bridgehead atoms. The van der Waals surface area contributed by atoms with Crippen LogP contribution in [0.2, 0.25) is 0 Å². The molecule has 0 aliphatic carbocycles. The van der Waals surface area contributed by atoms with E-state index in [1.54, 1.807) is 19.1 Å². The van der Waals surface area contributed by atoms with Gasteiger partial charge in [-0.05, 0) is 34.5 Å². The minimum atomic E-state index is -0.393. The van der Waals surface area contributed by atoms with E-state index in [0.717, 1.165) is 18.5 Å². The fraction of sp³-hybridized carbons (Fsp3) is 0.333. The Labute approximate surface area is 109 Å². The highest BCUT2D eigenvalue weighted by Gasteiger charge is 2.11. The number of rotatable bonds is 5. The third kappa shape index (κ3) is 4.55. The van der Waals surface area contributed by atoms with Gasteiger partial charge in [0.15, 0.2) is 0 Å². The van der Waals surface area contributed by atoms with E-state index in [-0.39, 0.29) is 5.69 Å². The number of nitro groups is 1. The molecule has 0 amide bonds. The Balaban J connectivity index is 2.56. The van der Waals surface area contributed by atoms with Gasteiger partial charge in [0.05, 0.1) is 9.40 Å². The van der Waals surface area contributed by atoms with Crippen molar-refractivity contribution in [3.63, 3.8) is 0 Å². The molecule has 0 saturated carbocycles. The molecule has 4 nitrogen and oxygen atoms in total. The van der Waals surface area contributed by atoms with E-state index in [1.807, 2.05) is 6.07 Å². The van der Waals surface area contributed by atoms with Gasteiger partial charge in [0.25, 0.3) is 5.69 Å². The second-order valence-corrected chi connectivity index (χ2v) is 4.25. The fourth-order valence-corrected chi connectivity index (χ4v) is 1.71. The lowest BCUT2D eigenvalue weighted by Gasteiger charge is -2.03. The number of halogens is 1. The van der Waals surface area contributed by atoms with Gasteiger partial charge in [-0.15, -0.1) is 11.8 Å². The van der Waals surface area contributed by atoms with Crippen LogP contribution in [0.15, 0.2) is 22.7 Å². The molecular weight excluding hydrogens is 284 g/mol. The lowest BCUT2D eigenvalue weighted by Crippen LogP contribution is -2.14. The molecule has 0 atom stereocenters. The quantitative estimate of drug-likeness (QED) is 0.393. The van der Waals surface area contributed by atoms with E-state index in [9.17, 15) is 10.1 Å². The summed E-state index contributed by atoms with van der Waals surface area (Å²) in [6.07, 6.45) is 0.787. The van der Waals surface area contributed by atoms with Crippen LogP contribution in [0.25, 0.3) is 0 Å². The Kier molecular flexibility index (Phi) is 5.67. The van der Waals surface area contributed by atoms with Crippen LogP contribution in [0.4, 0.5) is 5.69 Å². The first kappa shape index (κ1) is 13.7. The lowest BCUT2D eigenvalue weighted by atomic mass is 10.2. The van der Waals surface area contributed by atoms with Crippen molar-refractivity contribution in [3.8, 4) is 11.8 Å². The monoisotopic (exact) mass is 296 g/mol. The average Bonchev–Trinajstić information content (AvgIpc) is 2.30. The molecule has 90 valence electrons. The second kappa shape index (κ2) is 7.05. The molecule has 1 rings (SSSR count). The first-order chi connectivity index (χ1) is 8.15. The Bertz CT molecular complexity index is 463. The van der Waals surface area contributed by atoms with Gasteiger partial charge in [-0.3, -0.25) is 10.1 Å². The Morgan fingerprint density at radius 2 is 2.29 bits per heavy atom. The first-order valence-electron chi connectivity index (χ1n) is 5.18. The summed E-state index contributed by atoms with van der Waals surface area (Å²) in [4.78, 5) is 10.3. The predicted molar refractivity (Wildman–Crippen MR) is 70.6 cm³/mol. The average molecular weight is 297 g/mol. The molecule has 0 aromatic heterocycles. The predicted octanol–water partition coefficient (Wildman–Crippen LogP) is 2.86. The maximum atomic E-state index is 10.7. The standard InChI is InChI=1S/C12H13BrN2O2/c1-2-3-4-7-14-9-10-5-6-11(13)12(8-10)15(16)17/h5-6,8,14H,4,7,9H2,1H3. The maximum absolute atomic E-state index is 10.7. The van der Waals surface area contributed by atoms with Crippen molar-refractivity contribution in [3.05, 3.63) is 38.3 Å². The van der Waals surface area contributed by atoms with E-state index in [0.29, 0.717) is 11.0 Å². The minimum absolute atomic E-state index is 0.0950. The van der Waals surface area contributed by atoms with Crippen molar-refractivity contribution in [2.24, 2.45) is 0 Å². The zero-order chi connectivity index (χ0) is 12.7. The first-order valence-corrected chi connectivity index (χ1v) is 5.97. The zero-order valence-corrected chi connectivity index (χ0v) is 11.1.